The molecule has 2 unspecified atom stereocenters. The lowest BCUT2D eigenvalue weighted by Gasteiger charge is -2.18. The van der Waals surface area contributed by atoms with E-state index in [-0.39, 0.29) is 17.2 Å². The fourth-order valence-corrected chi connectivity index (χ4v) is 4.22. The first-order valence-electron chi connectivity index (χ1n) is 10.5. The molecule has 7 heteroatoms. The summed E-state index contributed by atoms with van der Waals surface area (Å²) in [4.78, 5) is 17.1. The van der Waals surface area contributed by atoms with E-state index in [9.17, 15) is 4.79 Å². The summed E-state index contributed by atoms with van der Waals surface area (Å²) >= 11 is 1.41. The maximum atomic E-state index is 12.9. The normalized spacial score (nSPS) is 12.8. The van der Waals surface area contributed by atoms with Crippen LogP contribution in [0.2, 0.25) is 0 Å². The second-order valence-electron chi connectivity index (χ2n) is 7.52. The van der Waals surface area contributed by atoms with Crippen molar-refractivity contribution in [1.82, 2.24) is 25.1 Å². The molecule has 1 amide bonds. The molecule has 0 fully saturated rings. The van der Waals surface area contributed by atoms with Crippen LogP contribution < -0.4 is 5.32 Å². The van der Waals surface area contributed by atoms with Gasteiger partial charge < -0.3 is 5.32 Å². The molecule has 0 saturated carbocycles. The molecule has 0 aliphatic rings. The Morgan fingerprint density at radius 3 is 2.38 bits per heavy atom. The summed E-state index contributed by atoms with van der Waals surface area (Å²) < 4.78 is 2.04. The van der Waals surface area contributed by atoms with Crippen LogP contribution in [-0.4, -0.2) is 30.9 Å². The van der Waals surface area contributed by atoms with Crippen molar-refractivity contribution in [3.05, 3.63) is 96.3 Å². The van der Waals surface area contributed by atoms with Crippen LogP contribution in [0.15, 0.2) is 90.3 Å². The second-order valence-corrected chi connectivity index (χ2v) is 8.83. The van der Waals surface area contributed by atoms with E-state index in [0.717, 1.165) is 22.5 Å². The first-order chi connectivity index (χ1) is 15.6. The summed E-state index contributed by atoms with van der Waals surface area (Å²) in [7, 11) is 0. The molecule has 0 aliphatic carbocycles. The number of nitrogens with zero attached hydrogens (tertiary/aromatic N) is 4. The number of aromatic nitrogens is 4. The van der Waals surface area contributed by atoms with Crippen molar-refractivity contribution in [3.8, 4) is 11.4 Å². The number of benzene rings is 2. The lowest BCUT2D eigenvalue weighted by molar-refractivity contribution is -0.120. The Labute approximate surface area is 192 Å². The van der Waals surface area contributed by atoms with Gasteiger partial charge in [-0.05, 0) is 37.1 Å². The van der Waals surface area contributed by atoms with E-state index in [1.807, 2.05) is 79.1 Å². The number of carbonyl (C=O) groups excluding carboxylic acids is 1. The van der Waals surface area contributed by atoms with Crippen LogP contribution in [0, 0.1) is 0 Å². The van der Waals surface area contributed by atoms with Gasteiger partial charge in [0.2, 0.25) is 5.91 Å². The number of rotatable bonds is 8. The van der Waals surface area contributed by atoms with Crippen molar-refractivity contribution in [2.75, 3.05) is 0 Å². The monoisotopic (exact) mass is 443 g/mol. The highest BCUT2D eigenvalue weighted by Gasteiger charge is 2.22. The summed E-state index contributed by atoms with van der Waals surface area (Å²) in [6.07, 6.45) is 3.51. The van der Waals surface area contributed by atoms with Crippen molar-refractivity contribution >= 4 is 17.7 Å². The van der Waals surface area contributed by atoms with Crippen LogP contribution in [0.5, 0.6) is 0 Å². The molecule has 32 heavy (non-hydrogen) atoms. The Balaban J connectivity index is 1.54. The average Bonchev–Trinajstić information content (AvgIpc) is 3.22. The molecule has 0 spiro atoms. The van der Waals surface area contributed by atoms with E-state index >= 15 is 0 Å². The molecule has 4 aromatic rings. The zero-order valence-electron chi connectivity index (χ0n) is 18.1. The maximum absolute atomic E-state index is 12.9. The standard InChI is InChI=1S/C25H25N5OS/c1-18(21-12-7-4-8-13-21)27-24(31)19(2)32-25-29-28-23(22-14-9-15-26-16-22)30(25)17-20-10-5-3-6-11-20/h3-16,18-19H,17H2,1-2H3,(H,27,31). The van der Waals surface area contributed by atoms with Gasteiger partial charge in [0.25, 0.3) is 0 Å². The molecule has 0 bridgehead atoms. The van der Waals surface area contributed by atoms with Gasteiger partial charge in [-0.3, -0.25) is 14.3 Å². The molecule has 2 atom stereocenters. The SMILES string of the molecule is CC(Sc1nnc(-c2cccnc2)n1Cc1ccccc1)C(=O)NC(C)c1ccccc1. The van der Waals surface area contributed by atoms with Gasteiger partial charge >= 0.3 is 0 Å². The Morgan fingerprint density at radius 1 is 0.969 bits per heavy atom. The lowest BCUT2D eigenvalue weighted by Crippen LogP contribution is -2.33. The van der Waals surface area contributed by atoms with Gasteiger partial charge in [-0.15, -0.1) is 10.2 Å². The Bertz CT molecular complexity index is 1150. The first-order valence-corrected chi connectivity index (χ1v) is 11.4. The predicted molar refractivity (Wildman–Crippen MR) is 127 cm³/mol. The third-order valence-electron chi connectivity index (χ3n) is 5.13. The number of pyridine rings is 1. The van der Waals surface area contributed by atoms with Gasteiger partial charge in [-0.1, -0.05) is 72.4 Å². The highest BCUT2D eigenvalue weighted by Crippen LogP contribution is 2.28. The summed E-state index contributed by atoms with van der Waals surface area (Å²) in [5.74, 6) is 0.693. The lowest BCUT2D eigenvalue weighted by atomic mass is 10.1. The fourth-order valence-electron chi connectivity index (χ4n) is 3.36. The van der Waals surface area contributed by atoms with Gasteiger partial charge in [0.1, 0.15) is 0 Å². The molecule has 162 valence electrons. The first kappa shape index (κ1) is 21.8. The van der Waals surface area contributed by atoms with Crippen molar-refractivity contribution in [2.45, 2.75) is 36.8 Å². The number of carbonyl (C=O) groups is 1. The number of hydrogen-bond donors (Lipinski definition) is 1. The maximum Gasteiger partial charge on any atom is 0.233 e. The predicted octanol–water partition coefficient (Wildman–Crippen LogP) is 4.75. The zero-order chi connectivity index (χ0) is 22.3. The van der Waals surface area contributed by atoms with E-state index in [1.54, 1.807) is 12.4 Å². The fraction of sp³-hybridized carbons (Fsp3) is 0.200. The minimum absolute atomic E-state index is 0.0384. The van der Waals surface area contributed by atoms with E-state index in [4.69, 9.17) is 0 Å². The Hall–Kier alpha value is -3.45. The summed E-state index contributed by atoms with van der Waals surface area (Å²) in [6, 6.07) is 23.9. The van der Waals surface area contributed by atoms with Gasteiger partial charge in [-0.25, -0.2) is 0 Å². The average molecular weight is 444 g/mol. The second kappa shape index (κ2) is 10.2. The quantitative estimate of drug-likeness (QED) is 0.398. The smallest absolute Gasteiger partial charge is 0.233 e. The number of hydrogen-bond acceptors (Lipinski definition) is 5. The molecule has 6 nitrogen and oxygen atoms in total. The molecule has 0 radical (unpaired) electrons. The van der Waals surface area contributed by atoms with Crippen LogP contribution in [-0.2, 0) is 11.3 Å². The van der Waals surface area contributed by atoms with Crippen LogP contribution in [0.1, 0.15) is 31.0 Å². The number of thioether (sulfide) groups is 1. The van der Waals surface area contributed by atoms with Gasteiger partial charge in [-0.2, -0.15) is 0 Å². The van der Waals surface area contributed by atoms with Gasteiger partial charge in [0, 0.05) is 18.0 Å². The van der Waals surface area contributed by atoms with E-state index in [0.29, 0.717) is 11.7 Å². The molecule has 2 aromatic carbocycles. The van der Waals surface area contributed by atoms with Crippen LogP contribution >= 0.6 is 11.8 Å². The topological polar surface area (TPSA) is 72.7 Å². The summed E-state index contributed by atoms with van der Waals surface area (Å²) in [5.41, 5.74) is 3.09. The number of amides is 1. The van der Waals surface area contributed by atoms with Crippen molar-refractivity contribution in [1.29, 1.82) is 0 Å². The molecule has 0 saturated heterocycles. The van der Waals surface area contributed by atoms with E-state index < -0.39 is 0 Å². The van der Waals surface area contributed by atoms with Crippen LogP contribution in [0.4, 0.5) is 0 Å². The van der Waals surface area contributed by atoms with Crippen LogP contribution in [0.3, 0.4) is 0 Å². The van der Waals surface area contributed by atoms with Gasteiger partial charge in [0.15, 0.2) is 11.0 Å². The van der Waals surface area contributed by atoms with Crippen molar-refractivity contribution in [3.63, 3.8) is 0 Å². The Kier molecular flexibility index (Phi) is 6.97. The van der Waals surface area contributed by atoms with Crippen LogP contribution in [0.25, 0.3) is 11.4 Å². The third-order valence-corrected chi connectivity index (χ3v) is 6.21. The highest BCUT2D eigenvalue weighted by atomic mass is 32.2. The molecule has 1 N–H and O–H groups in total. The molecular weight excluding hydrogens is 418 g/mol. The number of nitrogens with one attached hydrogen (secondary N) is 1. The molecular formula is C25H25N5OS. The van der Waals surface area contributed by atoms with E-state index in [2.05, 4.69) is 32.6 Å². The zero-order valence-corrected chi connectivity index (χ0v) is 18.9. The third kappa shape index (κ3) is 5.23. The molecule has 2 aromatic heterocycles. The van der Waals surface area contributed by atoms with E-state index in [1.165, 1.54) is 11.8 Å². The highest BCUT2D eigenvalue weighted by molar-refractivity contribution is 8.00. The molecule has 4 rings (SSSR count). The van der Waals surface area contributed by atoms with Gasteiger partial charge in [0.05, 0.1) is 17.8 Å². The summed E-state index contributed by atoms with van der Waals surface area (Å²) in [6.45, 7) is 4.49. The summed E-state index contributed by atoms with van der Waals surface area (Å²) in [5, 5.41) is 12.3. The molecule has 0 aliphatic heterocycles. The minimum Gasteiger partial charge on any atom is -0.349 e. The molecule has 2 heterocycles. The van der Waals surface area contributed by atoms with Crippen molar-refractivity contribution in [2.24, 2.45) is 0 Å². The van der Waals surface area contributed by atoms with Crippen molar-refractivity contribution < 1.29 is 4.79 Å². The minimum atomic E-state index is -0.332. The Morgan fingerprint density at radius 2 is 1.69 bits per heavy atom. The largest absolute Gasteiger partial charge is 0.349 e.